The van der Waals surface area contributed by atoms with Crippen molar-refractivity contribution < 1.29 is 9.90 Å². The van der Waals surface area contributed by atoms with Crippen molar-refractivity contribution in [2.45, 2.75) is 13.8 Å². The normalized spacial score (nSPS) is 9.94. The Bertz CT molecular complexity index is 335. The zero-order valence-corrected chi connectivity index (χ0v) is 9.73. The van der Waals surface area contributed by atoms with Crippen LogP contribution in [0.4, 0.5) is 11.4 Å². The van der Waals surface area contributed by atoms with E-state index in [1.807, 2.05) is 31.2 Å². The molecule has 0 radical (unpaired) electrons. The Morgan fingerprint density at radius 1 is 1.38 bits per heavy atom. The first-order chi connectivity index (χ1) is 7.67. The second-order valence-corrected chi connectivity index (χ2v) is 3.53. The highest BCUT2D eigenvalue weighted by Gasteiger charge is 2.03. The number of nitrogens with one attached hydrogen (secondary N) is 1. The van der Waals surface area contributed by atoms with Crippen molar-refractivity contribution in [2.75, 3.05) is 29.9 Å². The van der Waals surface area contributed by atoms with Crippen LogP contribution in [-0.2, 0) is 4.79 Å². The van der Waals surface area contributed by atoms with Crippen LogP contribution in [-0.4, -0.2) is 30.7 Å². The fourth-order valence-corrected chi connectivity index (χ4v) is 1.55. The van der Waals surface area contributed by atoms with E-state index in [-0.39, 0.29) is 12.5 Å². The molecule has 0 spiro atoms. The van der Waals surface area contributed by atoms with Crippen molar-refractivity contribution in [3.8, 4) is 0 Å². The number of nitrogens with zero attached hydrogens (tertiary/aromatic N) is 1. The van der Waals surface area contributed by atoms with Gasteiger partial charge in [-0.25, -0.2) is 0 Å². The van der Waals surface area contributed by atoms with Gasteiger partial charge in [-0.2, -0.15) is 0 Å². The molecule has 0 atom stereocenters. The number of amides is 1. The number of anilines is 2. The maximum absolute atomic E-state index is 10.8. The van der Waals surface area contributed by atoms with Crippen molar-refractivity contribution in [3.05, 3.63) is 24.3 Å². The molecule has 0 aromatic heterocycles. The largest absolute Gasteiger partial charge is 0.395 e. The number of carbonyl (C=O) groups is 1. The zero-order valence-electron chi connectivity index (χ0n) is 9.73. The maximum atomic E-state index is 10.8. The first-order valence-corrected chi connectivity index (χ1v) is 5.40. The van der Waals surface area contributed by atoms with Crippen LogP contribution in [0.2, 0.25) is 0 Å². The molecular formula is C12H18N2O2. The van der Waals surface area contributed by atoms with E-state index < -0.39 is 0 Å². The van der Waals surface area contributed by atoms with Gasteiger partial charge in [-0.15, -0.1) is 0 Å². The van der Waals surface area contributed by atoms with Gasteiger partial charge in [0.15, 0.2) is 0 Å². The minimum atomic E-state index is -0.0737. The van der Waals surface area contributed by atoms with Gasteiger partial charge in [-0.3, -0.25) is 4.79 Å². The molecule has 0 saturated heterocycles. The number of rotatable bonds is 5. The number of benzene rings is 1. The average molecular weight is 222 g/mol. The van der Waals surface area contributed by atoms with Crippen molar-refractivity contribution in [1.29, 1.82) is 0 Å². The van der Waals surface area contributed by atoms with Gasteiger partial charge in [0, 0.05) is 31.4 Å². The summed E-state index contributed by atoms with van der Waals surface area (Å²) < 4.78 is 0. The SMILES string of the molecule is CCN(CCO)c1ccc(NC(C)=O)cc1. The molecule has 0 bridgehead atoms. The van der Waals surface area contributed by atoms with E-state index in [1.54, 1.807) is 0 Å². The molecule has 0 fully saturated rings. The maximum Gasteiger partial charge on any atom is 0.221 e. The van der Waals surface area contributed by atoms with Crippen molar-refractivity contribution in [3.63, 3.8) is 0 Å². The van der Waals surface area contributed by atoms with Crippen molar-refractivity contribution in [2.24, 2.45) is 0 Å². The van der Waals surface area contributed by atoms with E-state index in [0.29, 0.717) is 6.54 Å². The fraction of sp³-hybridized carbons (Fsp3) is 0.417. The number of likely N-dealkylation sites (N-methyl/N-ethyl adjacent to an activating group) is 1. The van der Waals surface area contributed by atoms with Gasteiger partial charge in [-0.05, 0) is 31.2 Å². The summed E-state index contributed by atoms with van der Waals surface area (Å²) in [5.74, 6) is -0.0737. The second-order valence-electron chi connectivity index (χ2n) is 3.53. The van der Waals surface area contributed by atoms with Crippen LogP contribution in [0.15, 0.2) is 24.3 Å². The molecule has 0 aliphatic heterocycles. The van der Waals surface area contributed by atoms with Crippen LogP contribution in [0.3, 0.4) is 0 Å². The van der Waals surface area contributed by atoms with Crippen LogP contribution in [0, 0.1) is 0 Å². The van der Waals surface area contributed by atoms with Crippen LogP contribution in [0.5, 0.6) is 0 Å². The number of hydrogen-bond donors (Lipinski definition) is 2. The zero-order chi connectivity index (χ0) is 12.0. The summed E-state index contributed by atoms with van der Waals surface area (Å²) in [5, 5.41) is 11.6. The monoisotopic (exact) mass is 222 g/mol. The van der Waals surface area contributed by atoms with Gasteiger partial charge in [0.1, 0.15) is 0 Å². The lowest BCUT2D eigenvalue weighted by molar-refractivity contribution is -0.114. The van der Waals surface area contributed by atoms with E-state index in [0.717, 1.165) is 17.9 Å². The van der Waals surface area contributed by atoms with Crippen LogP contribution in [0.25, 0.3) is 0 Å². The molecule has 4 nitrogen and oxygen atoms in total. The highest BCUT2D eigenvalue weighted by Crippen LogP contribution is 2.17. The molecule has 0 heterocycles. The Balaban J connectivity index is 2.72. The quantitative estimate of drug-likeness (QED) is 0.793. The van der Waals surface area contributed by atoms with Crippen molar-refractivity contribution in [1.82, 2.24) is 0 Å². The Labute approximate surface area is 95.9 Å². The summed E-state index contributed by atoms with van der Waals surface area (Å²) in [4.78, 5) is 12.9. The molecule has 16 heavy (non-hydrogen) atoms. The summed E-state index contributed by atoms with van der Waals surface area (Å²) in [6.45, 7) is 5.13. The molecule has 0 aliphatic rings. The smallest absolute Gasteiger partial charge is 0.221 e. The molecule has 88 valence electrons. The number of aliphatic hydroxyl groups excluding tert-OH is 1. The predicted octanol–water partition coefficient (Wildman–Crippen LogP) is 1.46. The fourth-order valence-electron chi connectivity index (χ4n) is 1.55. The third kappa shape index (κ3) is 3.55. The molecule has 0 saturated carbocycles. The molecule has 2 N–H and O–H groups in total. The number of carbonyl (C=O) groups excluding carboxylic acids is 1. The Morgan fingerprint density at radius 2 is 2.00 bits per heavy atom. The van der Waals surface area contributed by atoms with Crippen molar-refractivity contribution >= 4 is 17.3 Å². The minimum Gasteiger partial charge on any atom is -0.395 e. The van der Waals surface area contributed by atoms with Crippen LogP contribution >= 0.6 is 0 Å². The van der Waals surface area contributed by atoms with Gasteiger partial charge in [0.25, 0.3) is 0 Å². The average Bonchev–Trinajstić information content (AvgIpc) is 2.26. The summed E-state index contributed by atoms with van der Waals surface area (Å²) in [6.07, 6.45) is 0. The molecular weight excluding hydrogens is 204 g/mol. The molecule has 1 aromatic rings. The summed E-state index contributed by atoms with van der Waals surface area (Å²) in [6, 6.07) is 7.59. The highest BCUT2D eigenvalue weighted by atomic mass is 16.3. The molecule has 4 heteroatoms. The third-order valence-electron chi connectivity index (χ3n) is 2.30. The molecule has 0 unspecified atom stereocenters. The van der Waals surface area contributed by atoms with E-state index in [2.05, 4.69) is 10.2 Å². The Kier molecular flexibility index (Phi) is 4.79. The van der Waals surface area contributed by atoms with Gasteiger partial charge in [0.2, 0.25) is 5.91 Å². The lowest BCUT2D eigenvalue weighted by Crippen LogP contribution is -2.25. The molecule has 0 aliphatic carbocycles. The van der Waals surface area contributed by atoms with E-state index >= 15 is 0 Å². The summed E-state index contributed by atoms with van der Waals surface area (Å²) in [7, 11) is 0. The Hall–Kier alpha value is -1.55. The first-order valence-electron chi connectivity index (χ1n) is 5.40. The predicted molar refractivity (Wildman–Crippen MR) is 65.7 cm³/mol. The lowest BCUT2D eigenvalue weighted by atomic mass is 10.2. The van der Waals surface area contributed by atoms with Crippen LogP contribution < -0.4 is 10.2 Å². The minimum absolute atomic E-state index is 0.0737. The number of aliphatic hydroxyl groups is 1. The molecule has 1 rings (SSSR count). The summed E-state index contributed by atoms with van der Waals surface area (Å²) in [5.41, 5.74) is 1.84. The van der Waals surface area contributed by atoms with E-state index in [9.17, 15) is 4.79 Å². The summed E-state index contributed by atoms with van der Waals surface area (Å²) >= 11 is 0. The number of hydrogen-bond acceptors (Lipinski definition) is 3. The highest BCUT2D eigenvalue weighted by molar-refractivity contribution is 5.88. The van der Waals surface area contributed by atoms with Crippen LogP contribution in [0.1, 0.15) is 13.8 Å². The van der Waals surface area contributed by atoms with Gasteiger partial charge < -0.3 is 15.3 Å². The van der Waals surface area contributed by atoms with E-state index in [1.165, 1.54) is 6.92 Å². The standard InChI is InChI=1S/C12H18N2O2/c1-3-14(8-9-15)12-6-4-11(5-7-12)13-10(2)16/h4-7,15H,3,8-9H2,1-2H3,(H,13,16). The molecule has 1 aromatic carbocycles. The lowest BCUT2D eigenvalue weighted by Gasteiger charge is -2.22. The van der Waals surface area contributed by atoms with E-state index in [4.69, 9.17) is 5.11 Å². The topological polar surface area (TPSA) is 52.6 Å². The third-order valence-corrected chi connectivity index (χ3v) is 2.30. The van der Waals surface area contributed by atoms with Gasteiger partial charge in [0.05, 0.1) is 6.61 Å². The first kappa shape index (κ1) is 12.5. The second kappa shape index (κ2) is 6.12. The Morgan fingerprint density at radius 3 is 2.44 bits per heavy atom. The van der Waals surface area contributed by atoms with Gasteiger partial charge >= 0.3 is 0 Å². The molecule has 1 amide bonds. The van der Waals surface area contributed by atoms with Gasteiger partial charge in [-0.1, -0.05) is 0 Å².